The highest BCUT2D eigenvalue weighted by Gasteiger charge is 2.24. The Morgan fingerprint density at radius 2 is 2.00 bits per heavy atom. The molecule has 0 atom stereocenters. The standard InChI is InChI=1S/C17H17FN4O/c18-12-8-4-3-7-11(12)9-13-19-15-14(10-5-1-2-6-10)21-22-16(15)17(23)20-13/h3-4,7-8,10H,1-2,5-6,9H2,(H,21,22)(H,19,20,23). The Hall–Kier alpha value is -2.50. The third-order valence-corrected chi connectivity index (χ3v) is 4.56. The minimum Gasteiger partial charge on any atom is -0.308 e. The van der Waals surface area contributed by atoms with Gasteiger partial charge >= 0.3 is 0 Å². The van der Waals surface area contributed by atoms with E-state index >= 15 is 0 Å². The van der Waals surface area contributed by atoms with Crippen LogP contribution < -0.4 is 5.56 Å². The maximum absolute atomic E-state index is 13.8. The van der Waals surface area contributed by atoms with Gasteiger partial charge in [-0.3, -0.25) is 9.89 Å². The van der Waals surface area contributed by atoms with Crippen LogP contribution in [0.25, 0.3) is 11.0 Å². The normalized spacial score (nSPS) is 15.5. The summed E-state index contributed by atoms with van der Waals surface area (Å²) in [5.74, 6) is 0.533. The lowest BCUT2D eigenvalue weighted by Gasteiger charge is -2.06. The van der Waals surface area contributed by atoms with Crippen molar-refractivity contribution in [1.29, 1.82) is 0 Å². The zero-order chi connectivity index (χ0) is 15.8. The fourth-order valence-electron chi connectivity index (χ4n) is 3.37. The average Bonchev–Trinajstić information content (AvgIpc) is 3.18. The van der Waals surface area contributed by atoms with Gasteiger partial charge in [-0.2, -0.15) is 5.10 Å². The van der Waals surface area contributed by atoms with E-state index in [0.717, 1.165) is 18.5 Å². The summed E-state index contributed by atoms with van der Waals surface area (Å²) in [4.78, 5) is 19.5. The van der Waals surface area contributed by atoms with E-state index in [1.165, 1.54) is 18.9 Å². The molecule has 5 nitrogen and oxygen atoms in total. The molecule has 4 rings (SSSR count). The van der Waals surface area contributed by atoms with Crippen LogP contribution in [0.1, 0.15) is 48.7 Å². The fourth-order valence-corrected chi connectivity index (χ4v) is 3.37. The SMILES string of the molecule is O=c1[nH]c(Cc2ccccc2F)nc2c(C3CCCC3)n[nH]c12. The molecule has 6 heteroatoms. The van der Waals surface area contributed by atoms with Crippen molar-refractivity contribution < 1.29 is 4.39 Å². The largest absolute Gasteiger partial charge is 0.308 e. The van der Waals surface area contributed by atoms with Gasteiger partial charge in [-0.05, 0) is 24.5 Å². The van der Waals surface area contributed by atoms with Crippen LogP contribution in [0.3, 0.4) is 0 Å². The smallest absolute Gasteiger partial charge is 0.276 e. The Bertz CT molecular complexity index is 908. The number of fused-ring (bicyclic) bond motifs is 1. The molecular formula is C17H17FN4O. The zero-order valence-corrected chi connectivity index (χ0v) is 12.6. The van der Waals surface area contributed by atoms with Crippen molar-refractivity contribution in [2.24, 2.45) is 0 Å². The number of nitrogens with zero attached hydrogens (tertiary/aromatic N) is 2. The summed E-state index contributed by atoms with van der Waals surface area (Å²) in [6, 6.07) is 6.53. The molecule has 0 radical (unpaired) electrons. The van der Waals surface area contributed by atoms with Gasteiger partial charge in [0.05, 0.1) is 5.69 Å². The van der Waals surface area contributed by atoms with E-state index in [2.05, 4.69) is 20.2 Å². The number of hydrogen-bond donors (Lipinski definition) is 2. The second-order valence-electron chi connectivity index (χ2n) is 6.09. The van der Waals surface area contributed by atoms with Crippen molar-refractivity contribution in [2.45, 2.75) is 38.0 Å². The molecule has 0 bridgehead atoms. The summed E-state index contributed by atoms with van der Waals surface area (Å²) >= 11 is 0. The van der Waals surface area contributed by atoms with E-state index in [-0.39, 0.29) is 17.8 Å². The summed E-state index contributed by atoms with van der Waals surface area (Å²) in [6.45, 7) is 0. The van der Waals surface area contributed by atoms with Gasteiger partial charge < -0.3 is 4.98 Å². The number of H-pyrrole nitrogens is 2. The summed E-state index contributed by atoms with van der Waals surface area (Å²) < 4.78 is 13.8. The van der Waals surface area contributed by atoms with Crippen molar-refractivity contribution in [2.75, 3.05) is 0 Å². The third kappa shape index (κ3) is 2.54. The highest BCUT2D eigenvalue weighted by Crippen LogP contribution is 2.35. The highest BCUT2D eigenvalue weighted by atomic mass is 19.1. The van der Waals surface area contributed by atoms with Crippen molar-refractivity contribution in [3.8, 4) is 0 Å². The van der Waals surface area contributed by atoms with Crippen LogP contribution in [-0.4, -0.2) is 20.2 Å². The molecule has 118 valence electrons. The number of benzene rings is 1. The van der Waals surface area contributed by atoms with E-state index in [4.69, 9.17) is 0 Å². The molecule has 1 saturated carbocycles. The number of aromatic nitrogens is 4. The lowest BCUT2D eigenvalue weighted by molar-refractivity contribution is 0.612. The van der Waals surface area contributed by atoms with Crippen LogP contribution in [0.2, 0.25) is 0 Å². The minimum absolute atomic E-state index is 0.252. The monoisotopic (exact) mass is 312 g/mol. The van der Waals surface area contributed by atoms with Crippen molar-refractivity contribution in [3.63, 3.8) is 0 Å². The lowest BCUT2D eigenvalue weighted by atomic mass is 10.0. The van der Waals surface area contributed by atoms with Gasteiger partial charge in [0.15, 0.2) is 0 Å². The first-order valence-corrected chi connectivity index (χ1v) is 7.93. The molecule has 2 aromatic heterocycles. The Balaban J connectivity index is 1.77. The zero-order valence-electron chi connectivity index (χ0n) is 12.6. The summed E-state index contributed by atoms with van der Waals surface area (Å²) in [7, 11) is 0. The molecule has 2 heterocycles. The average molecular weight is 312 g/mol. The van der Waals surface area contributed by atoms with Crippen LogP contribution in [-0.2, 0) is 6.42 Å². The first-order chi connectivity index (χ1) is 11.2. The molecule has 1 aliphatic carbocycles. The fraction of sp³-hybridized carbons (Fsp3) is 0.353. The number of halogens is 1. The molecule has 1 aliphatic rings. The van der Waals surface area contributed by atoms with Crippen molar-refractivity contribution in [3.05, 3.63) is 57.5 Å². The minimum atomic E-state index is -0.293. The van der Waals surface area contributed by atoms with Gasteiger partial charge in [-0.15, -0.1) is 0 Å². The Kier molecular flexibility index (Phi) is 3.44. The van der Waals surface area contributed by atoms with Gasteiger partial charge in [0, 0.05) is 12.3 Å². The van der Waals surface area contributed by atoms with Crippen LogP contribution in [0.5, 0.6) is 0 Å². The first-order valence-electron chi connectivity index (χ1n) is 7.93. The lowest BCUT2D eigenvalue weighted by Crippen LogP contribution is -2.13. The van der Waals surface area contributed by atoms with Crippen LogP contribution in [0.4, 0.5) is 4.39 Å². The number of rotatable bonds is 3. The summed E-state index contributed by atoms with van der Waals surface area (Å²) in [5.41, 5.74) is 2.17. The molecule has 1 aromatic carbocycles. The molecule has 1 fully saturated rings. The second-order valence-corrected chi connectivity index (χ2v) is 6.09. The Morgan fingerprint density at radius 1 is 1.22 bits per heavy atom. The molecule has 0 spiro atoms. The summed E-state index contributed by atoms with van der Waals surface area (Å²) in [6.07, 6.45) is 4.79. The predicted molar refractivity (Wildman–Crippen MR) is 84.9 cm³/mol. The third-order valence-electron chi connectivity index (χ3n) is 4.56. The van der Waals surface area contributed by atoms with Gasteiger partial charge in [0.1, 0.15) is 22.7 Å². The van der Waals surface area contributed by atoms with E-state index in [1.54, 1.807) is 18.2 Å². The number of nitrogens with one attached hydrogen (secondary N) is 2. The van der Waals surface area contributed by atoms with Crippen LogP contribution in [0, 0.1) is 5.82 Å². The molecule has 0 saturated heterocycles. The predicted octanol–water partition coefficient (Wildman–Crippen LogP) is 3.03. The highest BCUT2D eigenvalue weighted by molar-refractivity contribution is 5.76. The van der Waals surface area contributed by atoms with Gasteiger partial charge in [0.25, 0.3) is 5.56 Å². The van der Waals surface area contributed by atoms with Crippen molar-refractivity contribution >= 4 is 11.0 Å². The maximum Gasteiger partial charge on any atom is 0.276 e. The van der Waals surface area contributed by atoms with Crippen molar-refractivity contribution in [1.82, 2.24) is 20.2 Å². The number of hydrogen-bond acceptors (Lipinski definition) is 3. The Morgan fingerprint density at radius 3 is 2.78 bits per heavy atom. The molecule has 3 aromatic rings. The number of aromatic amines is 2. The summed E-state index contributed by atoms with van der Waals surface area (Å²) in [5, 5.41) is 7.13. The molecular weight excluding hydrogens is 295 g/mol. The van der Waals surface area contributed by atoms with Gasteiger partial charge in [0.2, 0.25) is 0 Å². The second kappa shape index (κ2) is 5.61. The molecule has 0 unspecified atom stereocenters. The first kappa shape index (κ1) is 14.1. The van der Waals surface area contributed by atoms with Crippen LogP contribution in [0.15, 0.2) is 29.1 Å². The molecule has 2 N–H and O–H groups in total. The van der Waals surface area contributed by atoms with Gasteiger partial charge in [-0.1, -0.05) is 31.0 Å². The van der Waals surface area contributed by atoms with Gasteiger partial charge in [-0.25, -0.2) is 9.37 Å². The molecule has 23 heavy (non-hydrogen) atoms. The topological polar surface area (TPSA) is 74.4 Å². The van der Waals surface area contributed by atoms with E-state index in [1.807, 2.05) is 0 Å². The maximum atomic E-state index is 13.8. The molecule has 0 aliphatic heterocycles. The Labute approximate surface area is 132 Å². The quantitative estimate of drug-likeness (QED) is 0.780. The van der Waals surface area contributed by atoms with E-state index < -0.39 is 0 Å². The molecule has 0 amide bonds. The van der Waals surface area contributed by atoms with E-state index in [0.29, 0.717) is 28.3 Å². The van der Waals surface area contributed by atoms with E-state index in [9.17, 15) is 9.18 Å². The van der Waals surface area contributed by atoms with Crippen LogP contribution >= 0.6 is 0 Å².